The van der Waals surface area contributed by atoms with E-state index >= 15 is 0 Å². The molecule has 2 aliphatic heterocycles. The predicted octanol–water partition coefficient (Wildman–Crippen LogP) is 3.72. The molecule has 1 fully saturated rings. The topological polar surface area (TPSA) is 107 Å². The minimum atomic E-state index is -0.988. The highest BCUT2D eigenvalue weighted by Gasteiger charge is 2.36. The molecule has 1 saturated heterocycles. The highest BCUT2D eigenvalue weighted by Crippen LogP contribution is 2.37. The van der Waals surface area contributed by atoms with Crippen molar-refractivity contribution in [1.82, 2.24) is 20.3 Å². The fourth-order valence-electron chi connectivity index (χ4n) is 5.02. The van der Waals surface area contributed by atoms with Crippen LogP contribution in [0.2, 0.25) is 0 Å². The number of nitrogens with one attached hydrogen (secondary N) is 2. The Morgan fingerprint density at radius 2 is 2.21 bits per heavy atom. The summed E-state index contributed by atoms with van der Waals surface area (Å²) in [5.74, 6) is 1.63. The first-order chi connectivity index (χ1) is 16.3. The third kappa shape index (κ3) is 4.27. The first kappa shape index (κ1) is 22.5. The van der Waals surface area contributed by atoms with Gasteiger partial charge in [-0.1, -0.05) is 32.9 Å². The summed E-state index contributed by atoms with van der Waals surface area (Å²) in [6, 6.07) is 8.21. The van der Waals surface area contributed by atoms with Gasteiger partial charge in [-0.05, 0) is 24.0 Å². The van der Waals surface area contributed by atoms with E-state index in [2.05, 4.69) is 53.0 Å². The van der Waals surface area contributed by atoms with Gasteiger partial charge in [0.2, 0.25) is 0 Å². The average Bonchev–Trinajstić information content (AvgIpc) is 3.29. The molecule has 9 heteroatoms. The second kappa shape index (κ2) is 8.79. The average molecular weight is 465 g/mol. The Labute approximate surface area is 199 Å². The highest BCUT2D eigenvalue weighted by atomic mass is 16.5. The molecule has 2 aromatic heterocycles. The molecule has 3 N–H and O–H groups in total. The summed E-state index contributed by atoms with van der Waals surface area (Å²) in [4.78, 5) is 29.1. The largest absolute Gasteiger partial charge is 0.465 e. The first-order valence-corrected chi connectivity index (χ1v) is 11.8. The second-order valence-electron chi connectivity index (χ2n) is 10.2. The number of nitrogens with zero attached hydrogens (tertiary/aromatic N) is 4. The molecule has 4 heterocycles. The second-order valence-corrected chi connectivity index (χ2v) is 10.2. The SMILES string of the molecule is CC(C)(C)C(CCN1C[C@@H]2COCCN2c2nc(-c3cccc4[nH]ccc34)ncc21)NC(=O)O. The predicted molar refractivity (Wildman–Crippen MR) is 133 cm³/mol. The van der Waals surface area contributed by atoms with Crippen LogP contribution in [0.4, 0.5) is 16.3 Å². The summed E-state index contributed by atoms with van der Waals surface area (Å²) >= 11 is 0. The molecule has 1 amide bonds. The molecule has 0 saturated carbocycles. The molecule has 34 heavy (non-hydrogen) atoms. The molecule has 5 rings (SSSR count). The maximum Gasteiger partial charge on any atom is 0.404 e. The zero-order chi connectivity index (χ0) is 23.9. The molecule has 180 valence electrons. The Hall–Kier alpha value is -3.33. The molecule has 0 spiro atoms. The van der Waals surface area contributed by atoms with Crippen LogP contribution in [-0.2, 0) is 4.74 Å². The zero-order valence-electron chi connectivity index (χ0n) is 19.9. The number of rotatable bonds is 5. The molecule has 1 aromatic carbocycles. The van der Waals surface area contributed by atoms with Gasteiger partial charge in [-0.15, -0.1) is 0 Å². The van der Waals surface area contributed by atoms with E-state index in [-0.39, 0.29) is 17.5 Å². The number of morpholine rings is 1. The van der Waals surface area contributed by atoms with Gasteiger partial charge in [-0.25, -0.2) is 14.8 Å². The monoisotopic (exact) mass is 464 g/mol. The van der Waals surface area contributed by atoms with Gasteiger partial charge >= 0.3 is 6.09 Å². The van der Waals surface area contributed by atoms with E-state index in [1.807, 2.05) is 24.5 Å². The Balaban J connectivity index is 1.48. The number of aromatic nitrogens is 3. The van der Waals surface area contributed by atoms with Crippen molar-refractivity contribution in [3.8, 4) is 11.4 Å². The van der Waals surface area contributed by atoms with Crippen molar-refractivity contribution in [3.05, 3.63) is 36.7 Å². The molecule has 3 aromatic rings. The van der Waals surface area contributed by atoms with Crippen molar-refractivity contribution in [3.63, 3.8) is 0 Å². The molecule has 0 bridgehead atoms. The van der Waals surface area contributed by atoms with Crippen LogP contribution in [0.15, 0.2) is 36.7 Å². The van der Waals surface area contributed by atoms with Gasteiger partial charge in [0.15, 0.2) is 11.6 Å². The van der Waals surface area contributed by atoms with Crippen molar-refractivity contribution >= 4 is 28.5 Å². The standard InChI is InChI=1S/C25H32N6O3/c1-25(2,3)21(28-24(32)33)8-10-30-14-16-15-34-12-11-31(16)23-20(30)13-27-22(29-23)18-5-4-6-19-17(18)7-9-26-19/h4-7,9,13,16,21,26,28H,8,10-12,14-15H2,1-3H3,(H,32,33)/t16-,21?/m1/s1. The number of amides is 1. The number of fused-ring (bicyclic) bond motifs is 4. The van der Waals surface area contributed by atoms with Gasteiger partial charge in [-0.3, -0.25) is 0 Å². The van der Waals surface area contributed by atoms with E-state index in [9.17, 15) is 9.90 Å². The van der Waals surface area contributed by atoms with E-state index in [1.54, 1.807) is 0 Å². The molecule has 0 radical (unpaired) electrons. The lowest BCUT2D eigenvalue weighted by molar-refractivity contribution is 0.0935. The van der Waals surface area contributed by atoms with Crippen LogP contribution < -0.4 is 15.1 Å². The maximum atomic E-state index is 11.4. The van der Waals surface area contributed by atoms with Crippen molar-refractivity contribution in [2.45, 2.75) is 39.3 Å². The van der Waals surface area contributed by atoms with E-state index < -0.39 is 6.09 Å². The molecule has 1 unspecified atom stereocenters. The smallest absolute Gasteiger partial charge is 0.404 e. The number of hydrogen-bond acceptors (Lipinski definition) is 6. The first-order valence-electron chi connectivity index (χ1n) is 11.8. The summed E-state index contributed by atoms with van der Waals surface area (Å²) in [6.07, 6.45) is 3.56. The summed E-state index contributed by atoms with van der Waals surface area (Å²) in [5.41, 5.74) is 2.86. The zero-order valence-corrected chi connectivity index (χ0v) is 19.9. The van der Waals surface area contributed by atoms with Crippen LogP contribution in [0.3, 0.4) is 0 Å². The van der Waals surface area contributed by atoms with Gasteiger partial charge in [0, 0.05) is 48.3 Å². The molecular formula is C25H32N6O3. The number of benzene rings is 1. The summed E-state index contributed by atoms with van der Waals surface area (Å²) < 4.78 is 5.79. The number of aromatic amines is 1. The molecular weight excluding hydrogens is 432 g/mol. The van der Waals surface area contributed by atoms with Crippen LogP contribution in [0.25, 0.3) is 22.3 Å². The van der Waals surface area contributed by atoms with Crippen molar-refractivity contribution in [2.24, 2.45) is 5.41 Å². The highest BCUT2D eigenvalue weighted by molar-refractivity contribution is 5.93. The van der Waals surface area contributed by atoms with Crippen LogP contribution in [0.5, 0.6) is 0 Å². The van der Waals surface area contributed by atoms with Crippen LogP contribution in [0, 0.1) is 5.41 Å². The fraction of sp³-hybridized carbons (Fsp3) is 0.480. The lowest BCUT2D eigenvalue weighted by Crippen LogP contribution is -2.56. The van der Waals surface area contributed by atoms with Gasteiger partial charge in [0.05, 0.1) is 31.1 Å². The molecule has 9 nitrogen and oxygen atoms in total. The number of hydrogen-bond donors (Lipinski definition) is 3. The third-order valence-corrected chi connectivity index (χ3v) is 6.89. The number of carbonyl (C=O) groups is 1. The van der Waals surface area contributed by atoms with E-state index in [4.69, 9.17) is 14.7 Å². The maximum absolute atomic E-state index is 11.4. The third-order valence-electron chi connectivity index (χ3n) is 6.89. The van der Waals surface area contributed by atoms with Crippen molar-refractivity contribution in [2.75, 3.05) is 42.6 Å². The van der Waals surface area contributed by atoms with Gasteiger partial charge in [-0.2, -0.15) is 0 Å². The summed E-state index contributed by atoms with van der Waals surface area (Å²) in [5, 5.41) is 13.1. The van der Waals surface area contributed by atoms with Crippen molar-refractivity contribution < 1.29 is 14.6 Å². The number of H-pyrrole nitrogens is 1. The summed E-state index contributed by atoms with van der Waals surface area (Å²) in [7, 11) is 0. The van der Waals surface area contributed by atoms with E-state index in [0.717, 1.165) is 41.1 Å². The van der Waals surface area contributed by atoms with Crippen LogP contribution in [-0.4, -0.2) is 71.1 Å². The van der Waals surface area contributed by atoms with Crippen LogP contribution >= 0.6 is 0 Å². The number of anilines is 2. The minimum absolute atomic E-state index is 0.166. The van der Waals surface area contributed by atoms with E-state index in [1.165, 1.54) is 0 Å². The van der Waals surface area contributed by atoms with Crippen LogP contribution in [0.1, 0.15) is 27.2 Å². The van der Waals surface area contributed by atoms with Gasteiger partial charge < -0.3 is 29.9 Å². The number of ether oxygens (including phenoxy) is 1. The lowest BCUT2D eigenvalue weighted by atomic mass is 9.84. The fourth-order valence-corrected chi connectivity index (χ4v) is 5.02. The Morgan fingerprint density at radius 1 is 1.35 bits per heavy atom. The Kier molecular flexibility index (Phi) is 5.81. The van der Waals surface area contributed by atoms with Gasteiger partial charge in [0.25, 0.3) is 0 Å². The Bertz CT molecular complexity index is 1190. The Morgan fingerprint density at radius 3 is 3.00 bits per heavy atom. The summed E-state index contributed by atoms with van der Waals surface area (Å²) in [6.45, 7) is 9.81. The lowest BCUT2D eigenvalue weighted by Gasteiger charge is -2.46. The molecule has 0 aliphatic carbocycles. The normalized spacial score (nSPS) is 19.0. The molecule has 2 aliphatic rings. The van der Waals surface area contributed by atoms with Crippen molar-refractivity contribution in [1.29, 1.82) is 0 Å². The number of carboxylic acid groups (broad SMARTS) is 1. The molecule has 2 atom stereocenters. The van der Waals surface area contributed by atoms with Gasteiger partial charge in [0.1, 0.15) is 0 Å². The van der Waals surface area contributed by atoms with E-state index in [0.29, 0.717) is 32.0 Å². The quantitative estimate of drug-likeness (QED) is 0.528. The minimum Gasteiger partial charge on any atom is -0.465 e.